The molecule has 0 saturated heterocycles. The first-order valence-corrected chi connectivity index (χ1v) is 9.58. The molecule has 0 fully saturated rings. The van der Waals surface area contributed by atoms with Crippen molar-refractivity contribution in [2.24, 2.45) is 5.16 Å². The van der Waals surface area contributed by atoms with E-state index in [0.717, 1.165) is 11.3 Å². The Labute approximate surface area is 169 Å². The first-order valence-electron chi connectivity index (χ1n) is 9.20. The van der Waals surface area contributed by atoms with E-state index in [2.05, 4.69) is 10.5 Å². The summed E-state index contributed by atoms with van der Waals surface area (Å²) in [5.41, 5.74) is 2.01. The van der Waals surface area contributed by atoms with Crippen molar-refractivity contribution < 1.29 is 14.0 Å². The van der Waals surface area contributed by atoms with Gasteiger partial charge in [0.05, 0.1) is 18.8 Å². The maximum Gasteiger partial charge on any atom is 0.318 e. The molecule has 0 unspecified atom stereocenters. The SMILES string of the molecule is CC(C)NC(=O)N(Cc1ccccc1F)C[C@H]1CC(c2ccccc2Cl)=NO1. The van der Waals surface area contributed by atoms with Gasteiger partial charge in [-0.15, -0.1) is 0 Å². The van der Waals surface area contributed by atoms with Crippen LogP contribution in [-0.4, -0.2) is 35.3 Å². The topological polar surface area (TPSA) is 53.9 Å². The summed E-state index contributed by atoms with van der Waals surface area (Å²) in [4.78, 5) is 19.7. The zero-order valence-corrected chi connectivity index (χ0v) is 16.6. The molecule has 1 atom stereocenters. The molecule has 5 nitrogen and oxygen atoms in total. The average molecular weight is 404 g/mol. The summed E-state index contributed by atoms with van der Waals surface area (Å²) in [5, 5.41) is 7.61. The van der Waals surface area contributed by atoms with E-state index in [4.69, 9.17) is 16.4 Å². The van der Waals surface area contributed by atoms with Gasteiger partial charge in [-0.05, 0) is 26.0 Å². The molecule has 0 radical (unpaired) electrons. The van der Waals surface area contributed by atoms with Crippen molar-refractivity contribution in [3.05, 3.63) is 70.5 Å². The average Bonchev–Trinajstić information content (AvgIpc) is 3.11. The normalized spacial score (nSPS) is 15.9. The molecule has 0 bridgehead atoms. The molecular weight excluding hydrogens is 381 g/mol. The molecule has 0 spiro atoms. The number of hydrogen-bond acceptors (Lipinski definition) is 3. The Kier molecular flexibility index (Phi) is 6.52. The van der Waals surface area contributed by atoms with Gasteiger partial charge in [0.15, 0.2) is 6.10 Å². The monoisotopic (exact) mass is 403 g/mol. The van der Waals surface area contributed by atoms with Crippen molar-refractivity contribution in [1.82, 2.24) is 10.2 Å². The fourth-order valence-corrected chi connectivity index (χ4v) is 3.26. The highest BCUT2D eigenvalue weighted by Gasteiger charge is 2.28. The van der Waals surface area contributed by atoms with Crippen LogP contribution >= 0.6 is 11.6 Å². The molecular formula is C21H23ClFN3O2. The lowest BCUT2D eigenvalue weighted by Crippen LogP contribution is -2.45. The van der Waals surface area contributed by atoms with E-state index in [1.807, 2.05) is 32.0 Å². The number of benzene rings is 2. The lowest BCUT2D eigenvalue weighted by atomic mass is 10.0. The molecule has 3 rings (SSSR count). The van der Waals surface area contributed by atoms with Crippen molar-refractivity contribution in [3.8, 4) is 0 Å². The summed E-state index contributed by atoms with van der Waals surface area (Å²) in [6, 6.07) is 13.6. The molecule has 0 saturated carbocycles. The maximum atomic E-state index is 14.1. The van der Waals surface area contributed by atoms with Crippen LogP contribution in [0.15, 0.2) is 53.7 Å². The Morgan fingerprint density at radius 1 is 1.29 bits per heavy atom. The van der Waals surface area contributed by atoms with Gasteiger partial charge in [0.25, 0.3) is 0 Å². The van der Waals surface area contributed by atoms with Gasteiger partial charge >= 0.3 is 6.03 Å². The summed E-state index contributed by atoms with van der Waals surface area (Å²) in [6.07, 6.45) is 0.197. The maximum absolute atomic E-state index is 14.1. The number of amides is 2. The number of carbonyl (C=O) groups excluding carboxylic acids is 1. The van der Waals surface area contributed by atoms with Crippen LogP contribution in [-0.2, 0) is 11.4 Å². The van der Waals surface area contributed by atoms with Crippen LogP contribution < -0.4 is 5.32 Å². The van der Waals surface area contributed by atoms with Gasteiger partial charge in [0, 0.05) is 28.6 Å². The Morgan fingerprint density at radius 2 is 2.00 bits per heavy atom. The zero-order chi connectivity index (χ0) is 20.1. The van der Waals surface area contributed by atoms with Crippen molar-refractivity contribution in [2.75, 3.05) is 6.54 Å². The van der Waals surface area contributed by atoms with E-state index in [1.54, 1.807) is 29.2 Å². The molecule has 2 aromatic rings. The smallest absolute Gasteiger partial charge is 0.318 e. The summed E-state index contributed by atoms with van der Waals surface area (Å²) in [7, 11) is 0. The molecule has 2 amide bonds. The van der Waals surface area contributed by atoms with Gasteiger partial charge in [-0.2, -0.15) is 0 Å². The van der Waals surface area contributed by atoms with Crippen LogP contribution in [0.2, 0.25) is 5.02 Å². The molecule has 0 aromatic heterocycles. The predicted octanol–water partition coefficient (Wildman–Crippen LogP) is 4.59. The van der Waals surface area contributed by atoms with Crippen LogP contribution in [0.3, 0.4) is 0 Å². The van der Waals surface area contributed by atoms with E-state index in [1.165, 1.54) is 6.07 Å². The Morgan fingerprint density at radius 3 is 2.71 bits per heavy atom. The van der Waals surface area contributed by atoms with E-state index in [-0.39, 0.29) is 37.1 Å². The highest BCUT2D eigenvalue weighted by atomic mass is 35.5. The number of oxime groups is 1. The van der Waals surface area contributed by atoms with Gasteiger partial charge in [0.1, 0.15) is 5.82 Å². The van der Waals surface area contributed by atoms with Crippen LogP contribution in [0.4, 0.5) is 9.18 Å². The molecule has 1 N–H and O–H groups in total. The summed E-state index contributed by atoms with van der Waals surface area (Å²) in [5.74, 6) is -0.342. The van der Waals surface area contributed by atoms with Gasteiger partial charge in [-0.3, -0.25) is 0 Å². The number of carbonyl (C=O) groups is 1. The summed E-state index contributed by atoms with van der Waals surface area (Å²) in [6.45, 7) is 4.19. The minimum Gasteiger partial charge on any atom is -0.390 e. The van der Waals surface area contributed by atoms with E-state index < -0.39 is 0 Å². The van der Waals surface area contributed by atoms with Gasteiger partial charge in [0.2, 0.25) is 0 Å². The molecule has 1 heterocycles. The number of halogens is 2. The largest absolute Gasteiger partial charge is 0.390 e. The molecule has 1 aliphatic rings. The third-order valence-corrected chi connectivity index (χ3v) is 4.69. The number of urea groups is 1. The van der Waals surface area contributed by atoms with Crippen molar-refractivity contribution in [2.45, 2.75) is 39.0 Å². The summed E-state index contributed by atoms with van der Waals surface area (Å²) < 4.78 is 14.1. The highest BCUT2D eigenvalue weighted by Crippen LogP contribution is 2.24. The quantitative estimate of drug-likeness (QED) is 0.766. The molecule has 148 valence electrons. The Bertz CT molecular complexity index is 872. The second kappa shape index (κ2) is 9.06. The van der Waals surface area contributed by atoms with Crippen LogP contribution in [0.25, 0.3) is 0 Å². The second-order valence-electron chi connectivity index (χ2n) is 7.03. The summed E-state index contributed by atoms with van der Waals surface area (Å²) >= 11 is 6.24. The van der Waals surface area contributed by atoms with Crippen LogP contribution in [0, 0.1) is 5.82 Å². The Hall–Kier alpha value is -2.60. The molecule has 1 aliphatic heterocycles. The van der Waals surface area contributed by atoms with Crippen LogP contribution in [0.5, 0.6) is 0 Å². The molecule has 28 heavy (non-hydrogen) atoms. The number of hydrogen-bond donors (Lipinski definition) is 1. The third-order valence-electron chi connectivity index (χ3n) is 4.36. The fraction of sp³-hybridized carbons (Fsp3) is 0.333. The van der Waals surface area contributed by atoms with Crippen LogP contribution in [0.1, 0.15) is 31.4 Å². The third kappa shape index (κ3) is 5.01. The minimum absolute atomic E-state index is 0.0324. The lowest BCUT2D eigenvalue weighted by molar-refractivity contribution is 0.0584. The van der Waals surface area contributed by atoms with Crippen molar-refractivity contribution >= 4 is 23.3 Å². The number of rotatable bonds is 6. The van der Waals surface area contributed by atoms with Crippen molar-refractivity contribution in [3.63, 3.8) is 0 Å². The van der Waals surface area contributed by atoms with Gasteiger partial charge in [-0.1, -0.05) is 53.2 Å². The zero-order valence-electron chi connectivity index (χ0n) is 15.9. The van der Waals surface area contributed by atoms with Gasteiger partial charge in [-0.25, -0.2) is 9.18 Å². The first-order chi connectivity index (χ1) is 13.4. The molecule has 7 heteroatoms. The van der Waals surface area contributed by atoms with Gasteiger partial charge < -0.3 is 15.1 Å². The minimum atomic E-state index is -0.342. The fourth-order valence-electron chi connectivity index (χ4n) is 3.02. The predicted molar refractivity (Wildman–Crippen MR) is 108 cm³/mol. The highest BCUT2D eigenvalue weighted by molar-refractivity contribution is 6.34. The van der Waals surface area contributed by atoms with E-state index in [0.29, 0.717) is 17.0 Å². The van der Waals surface area contributed by atoms with Crippen molar-refractivity contribution in [1.29, 1.82) is 0 Å². The molecule has 2 aromatic carbocycles. The van der Waals surface area contributed by atoms with E-state index in [9.17, 15) is 9.18 Å². The second-order valence-corrected chi connectivity index (χ2v) is 7.43. The lowest BCUT2D eigenvalue weighted by Gasteiger charge is -2.26. The standard InChI is InChI=1S/C21H23ClFN3O2/c1-14(2)24-21(27)26(12-15-7-3-6-10-19(15)23)13-16-11-20(25-28-16)17-8-4-5-9-18(17)22/h3-10,14,16H,11-13H2,1-2H3,(H,24,27)/t16-/m1/s1. The first kappa shape index (κ1) is 20.1. The number of nitrogens with one attached hydrogen (secondary N) is 1. The van der Waals surface area contributed by atoms with E-state index >= 15 is 0 Å². The Balaban J connectivity index is 1.71. The number of nitrogens with zero attached hydrogens (tertiary/aromatic N) is 2. The molecule has 0 aliphatic carbocycles.